The van der Waals surface area contributed by atoms with Crippen molar-refractivity contribution in [3.8, 4) is 0 Å². The first kappa shape index (κ1) is 13.0. The van der Waals surface area contributed by atoms with E-state index in [2.05, 4.69) is 5.10 Å². The number of hydrogen-bond donors (Lipinski definition) is 1. The number of rotatable bonds is 4. The summed E-state index contributed by atoms with van der Waals surface area (Å²) in [4.78, 5) is 11.5. The Kier molecular flexibility index (Phi) is 3.74. The molecule has 0 saturated heterocycles. The molecule has 5 nitrogen and oxygen atoms in total. The Morgan fingerprint density at radius 2 is 2.16 bits per heavy atom. The highest BCUT2D eigenvalue weighted by molar-refractivity contribution is 5.69. The molecule has 1 aromatic carbocycles. The molecular weight excluding hydrogens is 256 g/mol. The molecule has 1 heterocycles. The van der Waals surface area contributed by atoms with Gasteiger partial charge in [0.05, 0.1) is 11.9 Å². The van der Waals surface area contributed by atoms with Crippen LogP contribution < -0.4 is 5.73 Å². The Hall–Kier alpha value is -2.44. The van der Waals surface area contributed by atoms with Crippen LogP contribution in [0.15, 0.2) is 30.6 Å². The fourth-order valence-electron chi connectivity index (χ4n) is 1.44. The van der Waals surface area contributed by atoms with E-state index >= 15 is 0 Å². The van der Waals surface area contributed by atoms with E-state index in [0.717, 1.165) is 12.1 Å². The van der Waals surface area contributed by atoms with Crippen LogP contribution in [0.25, 0.3) is 0 Å². The van der Waals surface area contributed by atoms with Crippen molar-refractivity contribution in [3.63, 3.8) is 0 Å². The van der Waals surface area contributed by atoms with Gasteiger partial charge in [-0.1, -0.05) is 6.07 Å². The molecule has 0 unspecified atom stereocenters. The third-order valence-corrected chi connectivity index (χ3v) is 2.33. The van der Waals surface area contributed by atoms with Gasteiger partial charge in [0.2, 0.25) is 0 Å². The van der Waals surface area contributed by atoms with Crippen molar-refractivity contribution in [1.29, 1.82) is 0 Å². The SMILES string of the molecule is Nc1cnn(CC(=O)OCc2ccc(F)c(F)c2)c1. The van der Waals surface area contributed by atoms with E-state index in [0.29, 0.717) is 11.3 Å². The summed E-state index contributed by atoms with van der Waals surface area (Å²) in [7, 11) is 0. The second-order valence-corrected chi connectivity index (χ2v) is 3.88. The summed E-state index contributed by atoms with van der Waals surface area (Å²) in [6, 6.07) is 3.30. The van der Waals surface area contributed by atoms with Crippen LogP contribution in [0.3, 0.4) is 0 Å². The van der Waals surface area contributed by atoms with Gasteiger partial charge in [0.25, 0.3) is 0 Å². The van der Waals surface area contributed by atoms with Gasteiger partial charge < -0.3 is 10.5 Å². The first-order chi connectivity index (χ1) is 9.04. The van der Waals surface area contributed by atoms with Crippen LogP contribution in [0, 0.1) is 11.6 Å². The predicted molar refractivity (Wildman–Crippen MR) is 62.8 cm³/mol. The van der Waals surface area contributed by atoms with Gasteiger partial charge in [0.1, 0.15) is 13.2 Å². The highest BCUT2D eigenvalue weighted by Crippen LogP contribution is 2.09. The van der Waals surface area contributed by atoms with Crippen molar-refractivity contribution in [2.24, 2.45) is 0 Å². The van der Waals surface area contributed by atoms with Gasteiger partial charge in [0, 0.05) is 6.20 Å². The molecule has 0 spiro atoms. The molecule has 0 aliphatic heterocycles. The van der Waals surface area contributed by atoms with E-state index in [9.17, 15) is 13.6 Å². The molecule has 0 radical (unpaired) electrons. The van der Waals surface area contributed by atoms with Crippen LogP contribution in [0.4, 0.5) is 14.5 Å². The molecule has 0 saturated carbocycles. The van der Waals surface area contributed by atoms with E-state index in [-0.39, 0.29) is 13.2 Å². The summed E-state index contributed by atoms with van der Waals surface area (Å²) >= 11 is 0. The number of esters is 1. The van der Waals surface area contributed by atoms with E-state index in [4.69, 9.17) is 10.5 Å². The quantitative estimate of drug-likeness (QED) is 0.852. The summed E-state index contributed by atoms with van der Waals surface area (Å²) < 4.78 is 31.8. The largest absolute Gasteiger partial charge is 0.459 e. The number of halogens is 2. The standard InChI is InChI=1S/C12H11F2N3O2/c13-10-2-1-8(3-11(10)14)7-19-12(18)6-17-5-9(15)4-16-17/h1-5H,6-7,15H2. The summed E-state index contributed by atoms with van der Waals surface area (Å²) in [6.07, 6.45) is 2.89. The summed E-state index contributed by atoms with van der Waals surface area (Å²) in [5.74, 6) is -2.47. The molecule has 2 rings (SSSR count). The van der Waals surface area contributed by atoms with Crippen LogP contribution in [0.5, 0.6) is 0 Å². The van der Waals surface area contributed by atoms with Gasteiger partial charge in [-0.05, 0) is 17.7 Å². The van der Waals surface area contributed by atoms with Crippen LogP contribution >= 0.6 is 0 Å². The number of aromatic nitrogens is 2. The number of carbonyl (C=O) groups excluding carboxylic acids is 1. The minimum Gasteiger partial charge on any atom is -0.459 e. The monoisotopic (exact) mass is 267 g/mol. The van der Waals surface area contributed by atoms with Gasteiger partial charge in [-0.2, -0.15) is 5.10 Å². The third-order valence-electron chi connectivity index (χ3n) is 2.33. The maximum Gasteiger partial charge on any atom is 0.328 e. The molecule has 0 bridgehead atoms. The first-order valence-corrected chi connectivity index (χ1v) is 5.42. The van der Waals surface area contributed by atoms with Gasteiger partial charge >= 0.3 is 5.97 Å². The topological polar surface area (TPSA) is 70.1 Å². The lowest BCUT2D eigenvalue weighted by Gasteiger charge is -2.05. The number of anilines is 1. The maximum absolute atomic E-state index is 12.9. The molecule has 100 valence electrons. The number of carbonyl (C=O) groups is 1. The molecule has 0 amide bonds. The van der Waals surface area contributed by atoms with Gasteiger partial charge in [-0.3, -0.25) is 9.48 Å². The van der Waals surface area contributed by atoms with E-state index in [1.54, 1.807) is 0 Å². The fraction of sp³-hybridized carbons (Fsp3) is 0.167. The Balaban J connectivity index is 1.88. The number of nitrogens with two attached hydrogens (primary N) is 1. The zero-order chi connectivity index (χ0) is 13.8. The molecular formula is C12H11F2N3O2. The zero-order valence-corrected chi connectivity index (χ0v) is 9.85. The lowest BCUT2D eigenvalue weighted by molar-refractivity contribution is -0.145. The Labute approximate surface area is 107 Å². The highest BCUT2D eigenvalue weighted by atomic mass is 19.2. The minimum atomic E-state index is -0.978. The molecule has 0 aliphatic carbocycles. The fourth-order valence-corrected chi connectivity index (χ4v) is 1.44. The second kappa shape index (κ2) is 5.47. The molecule has 0 aliphatic rings. The molecule has 1 aromatic heterocycles. The van der Waals surface area contributed by atoms with Gasteiger partial charge in [-0.25, -0.2) is 8.78 Å². The van der Waals surface area contributed by atoms with E-state index < -0.39 is 17.6 Å². The Bertz CT molecular complexity index is 598. The zero-order valence-electron chi connectivity index (χ0n) is 9.85. The lowest BCUT2D eigenvalue weighted by atomic mass is 10.2. The average Bonchev–Trinajstić information content (AvgIpc) is 2.76. The number of ether oxygens (including phenoxy) is 1. The Morgan fingerprint density at radius 3 is 2.79 bits per heavy atom. The van der Waals surface area contributed by atoms with Crippen LogP contribution in [0.1, 0.15) is 5.56 Å². The van der Waals surface area contributed by atoms with Crippen molar-refractivity contribution in [2.45, 2.75) is 13.2 Å². The van der Waals surface area contributed by atoms with Crippen LogP contribution in [-0.2, 0) is 22.7 Å². The average molecular weight is 267 g/mol. The van der Waals surface area contributed by atoms with Crippen molar-refractivity contribution in [3.05, 3.63) is 47.8 Å². The number of nitrogen functional groups attached to an aromatic ring is 1. The van der Waals surface area contributed by atoms with Gasteiger partial charge in [-0.15, -0.1) is 0 Å². The minimum absolute atomic E-state index is 0.0964. The second-order valence-electron chi connectivity index (χ2n) is 3.88. The summed E-state index contributed by atoms with van der Waals surface area (Å²) in [5.41, 5.74) is 6.24. The normalized spacial score (nSPS) is 10.4. The first-order valence-electron chi connectivity index (χ1n) is 5.42. The van der Waals surface area contributed by atoms with Crippen LogP contribution in [-0.4, -0.2) is 15.7 Å². The maximum atomic E-state index is 12.9. The number of benzene rings is 1. The summed E-state index contributed by atoms with van der Waals surface area (Å²) in [5, 5.41) is 3.82. The lowest BCUT2D eigenvalue weighted by Crippen LogP contribution is -2.13. The van der Waals surface area contributed by atoms with Crippen molar-refractivity contribution in [2.75, 3.05) is 5.73 Å². The molecule has 0 fully saturated rings. The van der Waals surface area contributed by atoms with Crippen molar-refractivity contribution in [1.82, 2.24) is 9.78 Å². The predicted octanol–water partition coefficient (Wildman–Crippen LogP) is 1.49. The van der Waals surface area contributed by atoms with Crippen LogP contribution in [0.2, 0.25) is 0 Å². The molecule has 7 heteroatoms. The number of nitrogens with zero attached hydrogens (tertiary/aromatic N) is 2. The Morgan fingerprint density at radius 1 is 1.37 bits per heavy atom. The molecule has 2 N–H and O–H groups in total. The van der Waals surface area contributed by atoms with Crippen molar-refractivity contribution < 1.29 is 18.3 Å². The van der Waals surface area contributed by atoms with E-state index in [1.165, 1.54) is 23.1 Å². The smallest absolute Gasteiger partial charge is 0.328 e. The number of hydrogen-bond acceptors (Lipinski definition) is 4. The van der Waals surface area contributed by atoms with E-state index in [1.807, 2.05) is 0 Å². The summed E-state index contributed by atoms with van der Waals surface area (Å²) in [6.45, 7) is -0.229. The molecule has 19 heavy (non-hydrogen) atoms. The van der Waals surface area contributed by atoms with Gasteiger partial charge in [0.15, 0.2) is 11.6 Å². The highest BCUT2D eigenvalue weighted by Gasteiger charge is 2.07. The molecule has 0 atom stereocenters. The molecule has 2 aromatic rings. The van der Waals surface area contributed by atoms with Crippen molar-refractivity contribution >= 4 is 11.7 Å². The third kappa shape index (κ3) is 3.51.